The number of β-amino-alcohol motifs (C(OH)–C–C–N with tert-alkyl or cyclic N) is 1. The maximum absolute atomic E-state index is 10.8. The van der Waals surface area contributed by atoms with Crippen LogP contribution in [0, 0.1) is 0 Å². The van der Waals surface area contributed by atoms with Gasteiger partial charge in [-0.25, -0.2) is 0 Å². The molecule has 1 fully saturated rings. The van der Waals surface area contributed by atoms with Crippen LogP contribution >= 0.6 is 0 Å². The summed E-state index contributed by atoms with van der Waals surface area (Å²) in [6.45, 7) is 7.15. The summed E-state index contributed by atoms with van der Waals surface area (Å²) in [4.78, 5) is 12.4. The van der Waals surface area contributed by atoms with Crippen LogP contribution in [0.5, 0.6) is 0 Å². The van der Waals surface area contributed by atoms with Crippen molar-refractivity contribution in [3.63, 3.8) is 0 Å². The van der Waals surface area contributed by atoms with Crippen molar-refractivity contribution >= 4 is 5.91 Å². The van der Waals surface area contributed by atoms with Gasteiger partial charge in [0.05, 0.1) is 12.5 Å². The van der Waals surface area contributed by atoms with E-state index in [0.29, 0.717) is 13.0 Å². The maximum Gasteiger partial charge on any atom is 0.225 e. The van der Waals surface area contributed by atoms with Gasteiger partial charge in [-0.15, -0.1) is 0 Å². The Hall–Kier alpha value is -0.570. The molecule has 3 nitrogen and oxygen atoms in total. The van der Waals surface area contributed by atoms with Crippen LogP contribution in [0.3, 0.4) is 0 Å². The van der Waals surface area contributed by atoms with Crippen LogP contribution in [0.15, 0.2) is 0 Å². The van der Waals surface area contributed by atoms with Gasteiger partial charge in [-0.2, -0.15) is 0 Å². The Kier molecular flexibility index (Phi) is 4.86. The van der Waals surface area contributed by atoms with Gasteiger partial charge in [0.25, 0.3) is 0 Å². The zero-order valence-electron chi connectivity index (χ0n) is 7.50. The lowest BCUT2D eigenvalue weighted by Gasteiger charge is -2.10. The zero-order valence-corrected chi connectivity index (χ0v) is 7.50. The summed E-state index contributed by atoms with van der Waals surface area (Å²) in [7, 11) is 0. The number of likely N-dealkylation sites (tertiary alicyclic amines) is 1. The Balaban J connectivity index is 0.000000461. The first-order valence-corrected chi connectivity index (χ1v) is 4.20. The van der Waals surface area contributed by atoms with Gasteiger partial charge in [0.15, 0.2) is 0 Å². The molecule has 0 aliphatic carbocycles. The van der Waals surface area contributed by atoms with Gasteiger partial charge in [0, 0.05) is 13.1 Å². The fourth-order valence-electron chi connectivity index (χ4n) is 1.06. The van der Waals surface area contributed by atoms with Crippen molar-refractivity contribution in [3.05, 3.63) is 0 Å². The molecule has 1 atom stereocenters. The smallest absolute Gasteiger partial charge is 0.225 e. The molecule has 1 aliphatic rings. The number of carbonyl (C=O) groups is 1. The SMILES string of the molecule is CC.CCN1CC(O)CC1=O. The molecule has 1 heterocycles. The van der Waals surface area contributed by atoms with Crippen molar-refractivity contribution in [1.82, 2.24) is 4.90 Å². The number of hydrogen-bond acceptors (Lipinski definition) is 2. The molecule has 1 saturated heterocycles. The molecule has 0 saturated carbocycles. The van der Waals surface area contributed by atoms with E-state index in [1.165, 1.54) is 0 Å². The van der Waals surface area contributed by atoms with E-state index >= 15 is 0 Å². The van der Waals surface area contributed by atoms with Crippen LogP contribution in [0.1, 0.15) is 27.2 Å². The number of nitrogens with zero attached hydrogens (tertiary/aromatic N) is 1. The standard InChI is InChI=1S/C6H11NO2.C2H6/c1-2-7-4-5(8)3-6(7)9;1-2/h5,8H,2-4H2,1H3;1-2H3. The summed E-state index contributed by atoms with van der Waals surface area (Å²) in [6.07, 6.45) is -0.106. The summed E-state index contributed by atoms with van der Waals surface area (Å²) in [5.74, 6) is 0.0741. The molecule has 3 heteroatoms. The average Bonchev–Trinajstić information content (AvgIpc) is 2.33. The minimum absolute atomic E-state index is 0.0741. The molecule has 1 unspecified atom stereocenters. The molecule has 0 radical (unpaired) electrons. The fourth-order valence-corrected chi connectivity index (χ4v) is 1.06. The van der Waals surface area contributed by atoms with E-state index < -0.39 is 6.10 Å². The van der Waals surface area contributed by atoms with Crippen molar-refractivity contribution in [3.8, 4) is 0 Å². The summed E-state index contributed by atoms with van der Waals surface area (Å²) in [6, 6.07) is 0. The topological polar surface area (TPSA) is 40.5 Å². The van der Waals surface area contributed by atoms with Crippen LogP contribution in [0.4, 0.5) is 0 Å². The maximum atomic E-state index is 10.8. The lowest BCUT2D eigenvalue weighted by Crippen LogP contribution is -2.25. The quantitative estimate of drug-likeness (QED) is 0.609. The molecular weight excluding hydrogens is 142 g/mol. The highest BCUT2D eigenvalue weighted by molar-refractivity contribution is 5.78. The third kappa shape index (κ3) is 2.89. The first-order valence-electron chi connectivity index (χ1n) is 4.20. The number of aliphatic hydroxyl groups excluding tert-OH is 1. The van der Waals surface area contributed by atoms with Crippen LogP contribution < -0.4 is 0 Å². The second-order valence-electron chi connectivity index (χ2n) is 2.29. The zero-order chi connectivity index (χ0) is 8.85. The molecule has 1 N–H and O–H groups in total. The minimum Gasteiger partial charge on any atom is -0.391 e. The third-order valence-electron chi connectivity index (χ3n) is 1.58. The molecular formula is C8H17NO2. The van der Waals surface area contributed by atoms with Crippen LogP contribution in [-0.4, -0.2) is 35.1 Å². The van der Waals surface area contributed by atoms with Gasteiger partial charge in [0.1, 0.15) is 0 Å². The monoisotopic (exact) mass is 159 g/mol. The summed E-state index contributed by atoms with van der Waals surface area (Å²) in [5.41, 5.74) is 0. The van der Waals surface area contributed by atoms with E-state index in [0.717, 1.165) is 6.54 Å². The van der Waals surface area contributed by atoms with Crippen LogP contribution in [0.2, 0.25) is 0 Å². The Morgan fingerprint density at radius 2 is 2.18 bits per heavy atom. The molecule has 1 rings (SSSR count). The highest BCUT2D eigenvalue weighted by Crippen LogP contribution is 2.08. The van der Waals surface area contributed by atoms with E-state index in [9.17, 15) is 4.79 Å². The van der Waals surface area contributed by atoms with Gasteiger partial charge in [-0.05, 0) is 6.92 Å². The number of rotatable bonds is 1. The van der Waals surface area contributed by atoms with Gasteiger partial charge < -0.3 is 10.0 Å². The van der Waals surface area contributed by atoms with Gasteiger partial charge in [-0.3, -0.25) is 4.79 Å². The lowest BCUT2D eigenvalue weighted by atomic mass is 10.3. The Morgan fingerprint density at radius 1 is 1.64 bits per heavy atom. The predicted molar refractivity (Wildman–Crippen MR) is 44.2 cm³/mol. The van der Waals surface area contributed by atoms with Crippen molar-refractivity contribution in [1.29, 1.82) is 0 Å². The molecule has 1 aliphatic heterocycles. The first-order chi connectivity index (χ1) is 5.24. The van der Waals surface area contributed by atoms with Gasteiger partial charge in [-0.1, -0.05) is 13.8 Å². The average molecular weight is 159 g/mol. The molecule has 0 aromatic rings. The van der Waals surface area contributed by atoms with E-state index in [-0.39, 0.29) is 5.91 Å². The number of amides is 1. The van der Waals surface area contributed by atoms with E-state index in [1.807, 2.05) is 20.8 Å². The fraction of sp³-hybridized carbons (Fsp3) is 0.875. The Morgan fingerprint density at radius 3 is 2.36 bits per heavy atom. The largest absolute Gasteiger partial charge is 0.391 e. The lowest BCUT2D eigenvalue weighted by molar-refractivity contribution is -0.127. The number of carbonyl (C=O) groups excluding carboxylic acids is 1. The number of hydrogen-bond donors (Lipinski definition) is 1. The third-order valence-corrected chi connectivity index (χ3v) is 1.58. The Bertz CT molecular complexity index is 125. The molecule has 66 valence electrons. The highest BCUT2D eigenvalue weighted by atomic mass is 16.3. The Labute approximate surface area is 68.0 Å². The first kappa shape index (κ1) is 10.4. The summed E-state index contributed by atoms with van der Waals surface area (Å²) < 4.78 is 0. The number of aliphatic hydroxyl groups is 1. The van der Waals surface area contributed by atoms with E-state index in [1.54, 1.807) is 4.90 Å². The summed E-state index contributed by atoms with van der Waals surface area (Å²) >= 11 is 0. The normalized spacial score (nSPS) is 23.1. The van der Waals surface area contributed by atoms with Gasteiger partial charge in [0.2, 0.25) is 5.91 Å². The molecule has 0 aromatic carbocycles. The molecule has 11 heavy (non-hydrogen) atoms. The molecule has 1 amide bonds. The van der Waals surface area contributed by atoms with Crippen molar-refractivity contribution < 1.29 is 9.90 Å². The van der Waals surface area contributed by atoms with Crippen molar-refractivity contribution in [2.75, 3.05) is 13.1 Å². The highest BCUT2D eigenvalue weighted by Gasteiger charge is 2.25. The predicted octanol–water partition coefficient (Wildman–Crippen LogP) is 0.626. The second-order valence-corrected chi connectivity index (χ2v) is 2.29. The summed E-state index contributed by atoms with van der Waals surface area (Å²) in [5, 5.41) is 8.94. The van der Waals surface area contributed by atoms with Crippen molar-refractivity contribution in [2.24, 2.45) is 0 Å². The van der Waals surface area contributed by atoms with Crippen LogP contribution in [0.25, 0.3) is 0 Å². The molecule has 0 aromatic heterocycles. The molecule has 0 bridgehead atoms. The minimum atomic E-state index is -0.419. The van der Waals surface area contributed by atoms with Crippen molar-refractivity contribution in [2.45, 2.75) is 33.3 Å². The van der Waals surface area contributed by atoms with E-state index in [2.05, 4.69) is 0 Å². The molecule has 0 spiro atoms. The second kappa shape index (κ2) is 5.13. The van der Waals surface area contributed by atoms with Crippen LogP contribution in [-0.2, 0) is 4.79 Å². The van der Waals surface area contributed by atoms with Gasteiger partial charge >= 0.3 is 0 Å². The number of likely N-dealkylation sites (N-methyl/N-ethyl adjacent to an activating group) is 1. The van der Waals surface area contributed by atoms with E-state index in [4.69, 9.17) is 5.11 Å².